The predicted octanol–water partition coefficient (Wildman–Crippen LogP) is 14.6. The highest BCUT2D eigenvalue weighted by Gasteiger charge is 2.19. The Morgan fingerprint density at radius 2 is 0.623 bits per heavy atom. The van der Waals surface area contributed by atoms with Gasteiger partial charge in [0.25, 0.3) is 0 Å². The van der Waals surface area contributed by atoms with Gasteiger partial charge >= 0.3 is 17.9 Å². The Morgan fingerprint density at radius 3 is 0.925 bits per heavy atom. The summed E-state index contributed by atoms with van der Waals surface area (Å²) in [5, 5.41) is 0. The fourth-order valence-corrected chi connectivity index (χ4v) is 6.93. The van der Waals surface area contributed by atoms with Gasteiger partial charge < -0.3 is 14.2 Å². The van der Waals surface area contributed by atoms with Gasteiger partial charge in [-0.25, -0.2) is 0 Å². The first-order valence-corrected chi connectivity index (χ1v) is 23.2. The molecule has 6 heteroatoms. The van der Waals surface area contributed by atoms with Gasteiger partial charge in [0.15, 0.2) is 6.10 Å². The van der Waals surface area contributed by atoms with Crippen molar-refractivity contribution in [1.82, 2.24) is 0 Å². The van der Waals surface area contributed by atoms with E-state index in [0.29, 0.717) is 19.3 Å². The minimum absolute atomic E-state index is 0.0653. The molecule has 314 valence electrons. The Bertz CT molecular complexity index is 809. The number of hydrogen-bond donors (Lipinski definition) is 0. The Labute approximate surface area is 329 Å². The van der Waals surface area contributed by atoms with E-state index in [1.54, 1.807) is 0 Å². The van der Waals surface area contributed by atoms with Gasteiger partial charge in [-0.1, -0.05) is 214 Å². The van der Waals surface area contributed by atoms with Crippen LogP contribution in [-0.4, -0.2) is 37.2 Å². The van der Waals surface area contributed by atoms with Gasteiger partial charge in [0.1, 0.15) is 13.2 Å². The van der Waals surface area contributed by atoms with Gasteiger partial charge in [-0.3, -0.25) is 14.4 Å². The van der Waals surface area contributed by atoms with Crippen molar-refractivity contribution in [2.75, 3.05) is 13.2 Å². The van der Waals surface area contributed by atoms with Crippen molar-refractivity contribution in [2.45, 2.75) is 259 Å². The van der Waals surface area contributed by atoms with Gasteiger partial charge in [-0.05, 0) is 31.1 Å². The smallest absolute Gasteiger partial charge is 0.306 e. The second-order valence-electron chi connectivity index (χ2n) is 17.0. The molecular weight excluding hydrogens is 661 g/mol. The highest BCUT2D eigenvalue weighted by Crippen LogP contribution is 2.16. The monoisotopic (exact) mass is 751 g/mol. The summed E-state index contributed by atoms with van der Waals surface area (Å²) in [5.41, 5.74) is 0. The maximum Gasteiger partial charge on any atom is 0.306 e. The second kappa shape index (κ2) is 40.1. The molecule has 0 unspecified atom stereocenters. The van der Waals surface area contributed by atoms with Crippen molar-refractivity contribution < 1.29 is 28.6 Å². The molecular formula is C47H90O6. The molecule has 0 aliphatic rings. The number of hydrogen-bond acceptors (Lipinski definition) is 6. The third-order valence-corrected chi connectivity index (χ3v) is 10.5. The molecule has 0 aromatic rings. The summed E-state index contributed by atoms with van der Waals surface area (Å²) in [6.45, 7) is 11.3. The molecule has 0 saturated carbocycles. The molecule has 53 heavy (non-hydrogen) atoms. The first-order chi connectivity index (χ1) is 25.7. The van der Waals surface area contributed by atoms with Crippen LogP contribution in [0.4, 0.5) is 0 Å². The molecule has 0 aromatic carbocycles. The summed E-state index contributed by atoms with van der Waals surface area (Å²) in [7, 11) is 0. The lowest BCUT2D eigenvalue weighted by Crippen LogP contribution is -2.30. The van der Waals surface area contributed by atoms with Crippen molar-refractivity contribution in [3.63, 3.8) is 0 Å². The van der Waals surface area contributed by atoms with Gasteiger partial charge in [-0.2, -0.15) is 0 Å². The number of carbonyl (C=O) groups excluding carboxylic acids is 3. The summed E-state index contributed by atoms with van der Waals surface area (Å²) in [6, 6.07) is 0. The molecule has 0 aliphatic carbocycles. The molecule has 0 rings (SSSR count). The van der Waals surface area contributed by atoms with Crippen LogP contribution in [0.3, 0.4) is 0 Å². The Hall–Kier alpha value is -1.59. The number of rotatable bonds is 41. The van der Waals surface area contributed by atoms with E-state index >= 15 is 0 Å². The molecule has 0 radical (unpaired) electrons. The van der Waals surface area contributed by atoms with Crippen LogP contribution in [0.2, 0.25) is 0 Å². The Balaban J connectivity index is 4.32. The largest absolute Gasteiger partial charge is 0.462 e. The van der Waals surface area contributed by atoms with E-state index in [2.05, 4.69) is 34.6 Å². The molecule has 6 nitrogen and oxygen atoms in total. The third-order valence-electron chi connectivity index (χ3n) is 10.5. The van der Waals surface area contributed by atoms with Crippen molar-refractivity contribution in [3.05, 3.63) is 0 Å². The summed E-state index contributed by atoms with van der Waals surface area (Å²) in [4.78, 5) is 37.7. The van der Waals surface area contributed by atoms with Crippen molar-refractivity contribution in [1.29, 1.82) is 0 Å². The molecule has 1 atom stereocenters. The number of unbranched alkanes of at least 4 members (excludes halogenated alkanes) is 26. The lowest BCUT2D eigenvalue weighted by atomic mass is 10.0. The predicted molar refractivity (Wildman–Crippen MR) is 224 cm³/mol. The fraction of sp³-hybridized carbons (Fsp3) is 0.936. The van der Waals surface area contributed by atoms with Gasteiger partial charge in [0.2, 0.25) is 0 Å². The zero-order chi connectivity index (χ0) is 39.0. The van der Waals surface area contributed by atoms with Gasteiger partial charge in [-0.15, -0.1) is 0 Å². The second-order valence-corrected chi connectivity index (χ2v) is 17.0. The average Bonchev–Trinajstić information content (AvgIpc) is 3.12. The molecule has 0 N–H and O–H groups in total. The SMILES string of the molecule is CCCCCCCCCCCCCCCC(=O)OC[C@@H](COC(=O)CCCCCCCCCCCC(C)C)OC(=O)CCCCCCCCCC(C)C. The normalized spacial score (nSPS) is 12.1. The van der Waals surface area contributed by atoms with Crippen LogP contribution in [0.15, 0.2) is 0 Å². The summed E-state index contributed by atoms with van der Waals surface area (Å²) >= 11 is 0. The van der Waals surface area contributed by atoms with Crippen LogP contribution in [0.25, 0.3) is 0 Å². The molecule has 0 spiro atoms. The van der Waals surface area contributed by atoms with E-state index < -0.39 is 6.10 Å². The summed E-state index contributed by atoms with van der Waals surface area (Å²) in [6.07, 6.45) is 38.1. The maximum atomic E-state index is 12.7. The van der Waals surface area contributed by atoms with E-state index in [-0.39, 0.29) is 31.1 Å². The Kier molecular flexibility index (Phi) is 38.9. The van der Waals surface area contributed by atoms with Crippen LogP contribution < -0.4 is 0 Å². The standard InChI is InChI=1S/C47H90O6/c1-6-7-8-9-10-11-12-13-14-17-22-27-32-37-45(48)51-40-44(53-47(50)39-34-29-24-19-21-26-31-36-43(4)5)41-52-46(49)38-33-28-23-18-15-16-20-25-30-35-42(2)3/h42-44H,6-41H2,1-5H3/t44-/m0/s1. The first kappa shape index (κ1) is 51.4. The van der Waals surface area contributed by atoms with E-state index in [1.165, 1.54) is 141 Å². The first-order valence-electron chi connectivity index (χ1n) is 23.2. The maximum absolute atomic E-state index is 12.7. The number of esters is 3. The average molecular weight is 751 g/mol. The fourth-order valence-electron chi connectivity index (χ4n) is 6.93. The van der Waals surface area contributed by atoms with Crippen LogP contribution in [0, 0.1) is 11.8 Å². The Morgan fingerprint density at radius 1 is 0.358 bits per heavy atom. The van der Waals surface area contributed by atoms with Crippen LogP contribution in [0.1, 0.15) is 253 Å². The number of carbonyl (C=O) groups is 3. The number of ether oxygens (including phenoxy) is 3. The van der Waals surface area contributed by atoms with E-state index in [1.807, 2.05) is 0 Å². The molecule has 0 amide bonds. The van der Waals surface area contributed by atoms with E-state index in [4.69, 9.17) is 14.2 Å². The lowest BCUT2D eigenvalue weighted by molar-refractivity contribution is -0.167. The van der Waals surface area contributed by atoms with Crippen LogP contribution in [0.5, 0.6) is 0 Å². The van der Waals surface area contributed by atoms with Crippen molar-refractivity contribution >= 4 is 17.9 Å². The molecule has 0 fully saturated rings. The van der Waals surface area contributed by atoms with Crippen LogP contribution in [-0.2, 0) is 28.6 Å². The molecule has 0 aromatic heterocycles. The quantitative estimate of drug-likeness (QED) is 0.0352. The zero-order valence-electron chi connectivity index (χ0n) is 36.1. The zero-order valence-corrected chi connectivity index (χ0v) is 36.1. The highest BCUT2D eigenvalue weighted by molar-refractivity contribution is 5.71. The third kappa shape index (κ3) is 41.4. The summed E-state index contributed by atoms with van der Waals surface area (Å²) in [5.74, 6) is 0.727. The molecule has 0 aliphatic heterocycles. The van der Waals surface area contributed by atoms with Gasteiger partial charge in [0, 0.05) is 19.3 Å². The molecule has 0 saturated heterocycles. The highest BCUT2D eigenvalue weighted by atomic mass is 16.6. The van der Waals surface area contributed by atoms with Crippen molar-refractivity contribution in [2.24, 2.45) is 11.8 Å². The molecule has 0 bridgehead atoms. The van der Waals surface area contributed by atoms with Crippen LogP contribution >= 0.6 is 0 Å². The topological polar surface area (TPSA) is 78.9 Å². The van der Waals surface area contributed by atoms with Crippen molar-refractivity contribution in [3.8, 4) is 0 Å². The summed E-state index contributed by atoms with van der Waals surface area (Å²) < 4.78 is 16.7. The minimum atomic E-state index is -0.761. The van der Waals surface area contributed by atoms with E-state index in [9.17, 15) is 14.4 Å². The van der Waals surface area contributed by atoms with Gasteiger partial charge in [0.05, 0.1) is 0 Å². The molecule has 0 heterocycles. The minimum Gasteiger partial charge on any atom is -0.462 e. The van der Waals surface area contributed by atoms with E-state index in [0.717, 1.165) is 69.6 Å². The lowest BCUT2D eigenvalue weighted by Gasteiger charge is -2.18.